The van der Waals surface area contributed by atoms with Crippen molar-refractivity contribution in [3.05, 3.63) is 109 Å². The van der Waals surface area contributed by atoms with Crippen LogP contribution in [0, 0.1) is 0 Å². The van der Waals surface area contributed by atoms with Gasteiger partial charge in [0, 0.05) is 43.0 Å². The summed E-state index contributed by atoms with van der Waals surface area (Å²) in [5.41, 5.74) is 6.70. The number of anilines is 1. The summed E-state index contributed by atoms with van der Waals surface area (Å²) in [6, 6.07) is 29.1. The first-order chi connectivity index (χ1) is 16.9. The molecule has 5 rings (SSSR count). The zero-order valence-electron chi connectivity index (χ0n) is 20.8. The van der Waals surface area contributed by atoms with Gasteiger partial charge in [0.25, 0.3) is 0 Å². The summed E-state index contributed by atoms with van der Waals surface area (Å²) in [6.07, 6.45) is 6.17. The Morgan fingerprint density at radius 3 is 2.20 bits per heavy atom. The lowest BCUT2D eigenvalue weighted by molar-refractivity contribution is 0.481. The van der Waals surface area contributed by atoms with Crippen molar-refractivity contribution in [2.45, 2.75) is 26.2 Å². The molecule has 35 heavy (non-hydrogen) atoms. The van der Waals surface area contributed by atoms with Crippen molar-refractivity contribution in [3.63, 3.8) is 0 Å². The van der Waals surface area contributed by atoms with Crippen LogP contribution < -0.4 is 9.64 Å². The molecule has 176 valence electrons. The molecule has 1 aromatic heterocycles. The zero-order chi connectivity index (χ0) is 24.4. The van der Waals surface area contributed by atoms with Crippen LogP contribution in [0.4, 0.5) is 5.69 Å². The molecule has 0 unspecified atom stereocenters. The van der Waals surface area contributed by atoms with Crippen molar-refractivity contribution in [1.82, 2.24) is 9.88 Å². The molecule has 0 fully saturated rings. The van der Waals surface area contributed by atoms with E-state index in [1.165, 1.54) is 16.7 Å². The van der Waals surface area contributed by atoms with Crippen LogP contribution >= 0.6 is 0 Å². The van der Waals surface area contributed by atoms with E-state index in [1.54, 1.807) is 0 Å². The van der Waals surface area contributed by atoms with E-state index in [-0.39, 0.29) is 5.41 Å². The highest BCUT2D eigenvalue weighted by atomic mass is 16.5. The van der Waals surface area contributed by atoms with E-state index in [2.05, 4.69) is 111 Å². The van der Waals surface area contributed by atoms with E-state index in [4.69, 9.17) is 9.72 Å². The number of hydrogen-bond acceptors (Lipinski definition) is 4. The van der Waals surface area contributed by atoms with E-state index in [0.29, 0.717) is 0 Å². The van der Waals surface area contributed by atoms with E-state index in [9.17, 15) is 0 Å². The minimum atomic E-state index is -0.00792. The van der Waals surface area contributed by atoms with Crippen molar-refractivity contribution in [2.75, 3.05) is 18.6 Å². The topological polar surface area (TPSA) is 28.6 Å². The van der Waals surface area contributed by atoms with Crippen molar-refractivity contribution in [3.8, 4) is 33.9 Å². The number of ether oxygens (including phenoxy) is 1. The lowest BCUT2D eigenvalue weighted by Gasteiger charge is -2.23. The molecule has 0 saturated heterocycles. The zero-order valence-corrected chi connectivity index (χ0v) is 20.8. The van der Waals surface area contributed by atoms with Crippen molar-refractivity contribution in [1.29, 1.82) is 0 Å². The number of hydrogen-bond donors (Lipinski definition) is 0. The van der Waals surface area contributed by atoms with Crippen molar-refractivity contribution >= 4 is 5.69 Å². The Labute approximate surface area is 208 Å². The molecule has 0 radical (unpaired) electrons. The van der Waals surface area contributed by atoms with Crippen LogP contribution in [0.2, 0.25) is 0 Å². The van der Waals surface area contributed by atoms with Gasteiger partial charge >= 0.3 is 0 Å². The Balaban J connectivity index is 1.45. The summed E-state index contributed by atoms with van der Waals surface area (Å²) in [6.45, 7) is 7.52. The van der Waals surface area contributed by atoms with Crippen LogP contribution in [0.5, 0.6) is 11.5 Å². The summed E-state index contributed by atoms with van der Waals surface area (Å²) in [4.78, 5) is 9.18. The molecule has 4 nitrogen and oxygen atoms in total. The molecule has 4 aromatic rings. The Hall–Kier alpha value is -4.05. The molecule has 0 amide bonds. The standard InChI is InChI=1S/C31H31N3O/c1-31(2,3)29-21-32-30(20-28(29)23-10-6-5-7-11-23)24-12-8-14-26(18-24)35-27-15-9-13-25(19-27)34-17-16-33(4)22-34/h5-21H,22H2,1-4H3. The molecule has 3 aromatic carbocycles. The first-order valence-corrected chi connectivity index (χ1v) is 12.0. The SMILES string of the molecule is CN1C=CN(c2cccc(Oc3cccc(-c4cc(-c5ccccc5)c(C(C)(C)C)cn4)c3)c2)C1. The van der Waals surface area contributed by atoms with Crippen LogP contribution in [0.15, 0.2) is 104 Å². The summed E-state index contributed by atoms with van der Waals surface area (Å²) >= 11 is 0. The van der Waals surface area contributed by atoms with Gasteiger partial charge in [-0.3, -0.25) is 4.98 Å². The molecule has 0 bridgehead atoms. The highest BCUT2D eigenvalue weighted by molar-refractivity contribution is 5.74. The quantitative estimate of drug-likeness (QED) is 0.305. The minimum absolute atomic E-state index is 0.00792. The van der Waals surface area contributed by atoms with Gasteiger partial charge in [-0.1, -0.05) is 69.3 Å². The highest BCUT2D eigenvalue weighted by Gasteiger charge is 2.20. The lowest BCUT2D eigenvalue weighted by Crippen LogP contribution is -2.21. The number of rotatable bonds is 5. The maximum atomic E-state index is 6.27. The molecule has 0 spiro atoms. The van der Waals surface area contributed by atoms with E-state index >= 15 is 0 Å². The second kappa shape index (κ2) is 9.30. The number of benzene rings is 3. The van der Waals surface area contributed by atoms with Crippen LogP contribution in [-0.4, -0.2) is 23.6 Å². The van der Waals surface area contributed by atoms with Gasteiger partial charge in [-0.25, -0.2) is 0 Å². The fraction of sp³-hybridized carbons (Fsp3) is 0.194. The maximum Gasteiger partial charge on any atom is 0.129 e. The van der Waals surface area contributed by atoms with Crippen LogP contribution in [0.25, 0.3) is 22.4 Å². The molecule has 4 heteroatoms. The molecule has 1 aliphatic rings. The van der Waals surface area contributed by atoms with Crippen LogP contribution in [-0.2, 0) is 5.41 Å². The highest BCUT2D eigenvalue weighted by Crippen LogP contribution is 2.36. The summed E-state index contributed by atoms with van der Waals surface area (Å²) in [7, 11) is 2.06. The Morgan fingerprint density at radius 2 is 1.49 bits per heavy atom. The fourth-order valence-electron chi connectivity index (χ4n) is 4.34. The average Bonchev–Trinajstić information content (AvgIpc) is 3.30. The smallest absolute Gasteiger partial charge is 0.129 e. The molecule has 0 N–H and O–H groups in total. The summed E-state index contributed by atoms with van der Waals surface area (Å²) < 4.78 is 6.27. The normalized spacial score (nSPS) is 13.4. The third-order valence-corrected chi connectivity index (χ3v) is 6.19. The summed E-state index contributed by atoms with van der Waals surface area (Å²) in [5.74, 6) is 1.60. The van der Waals surface area contributed by atoms with Gasteiger partial charge in [0.05, 0.1) is 12.4 Å². The molecule has 2 heterocycles. The van der Waals surface area contributed by atoms with Crippen molar-refractivity contribution in [2.24, 2.45) is 0 Å². The molecule has 1 aliphatic heterocycles. The molecule has 0 saturated carbocycles. The summed E-state index contributed by atoms with van der Waals surface area (Å²) in [5, 5.41) is 0. The van der Waals surface area contributed by atoms with Crippen molar-refractivity contribution < 1.29 is 4.74 Å². The number of nitrogens with zero attached hydrogens (tertiary/aromatic N) is 3. The maximum absolute atomic E-state index is 6.27. The monoisotopic (exact) mass is 461 g/mol. The Morgan fingerprint density at radius 1 is 0.771 bits per heavy atom. The Kier molecular flexibility index (Phi) is 6.04. The van der Waals surface area contributed by atoms with Gasteiger partial charge in [-0.2, -0.15) is 0 Å². The van der Waals surface area contributed by atoms with Gasteiger partial charge in [0.15, 0.2) is 0 Å². The minimum Gasteiger partial charge on any atom is -0.457 e. The van der Waals surface area contributed by atoms with Crippen LogP contribution in [0.1, 0.15) is 26.3 Å². The largest absolute Gasteiger partial charge is 0.457 e. The van der Waals surface area contributed by atoms with E-state index in [1.807, 2.05) is 30.5 Å². The first kappa shape index (κ1) is 22.7. The third-order valence-electron chi connectivity index (χ3n) is 6.19. The van der Waals surface area contributed by atoms with Gasteiger partial charge in [-0.15, -0.1) is 0 Å². The average molecular weight is 462 g/mol. The first-order valence-electron chi connectivity index (χ1n) is 12.0. The second-order valence-electron chi connectivity index (χ2n) is 10.0. The third kappa shape index (κ3) is 5.07. The van der Waals surface area contributed by atoms with E-state index < -0.39 is 0 Å². The number of pyridine rings is 1. The molecular formula is C31H31N3O. The molecular weight excluding hydrogens is 430 g/mol. The lowest BCUT2D eigenvalue weighted by atomic mass is 9.82. The van der Waals surface area contributed by atoms with Gasteiger partial charge in [-0.05, 0) is 52.4 Å². The second-order valence-corrected chi connectivity index (χ2v) is 10.0. The van der Waals surface area contributed by atoms with Gasteiger partial charge in [0.2, 0.25) is 0 Å². The Bertz CT molecular complexity index is 1360. The van der Waals surface area contributed by atoms with Gasteiger partial charge < -0.3 is 14.5 Å². The fourth-order valence-corrected chi connectivity index (χ4v) is 4.34. The predicted molar refractivity (Wildman–Crippen MR) is 145 cm³/mol. The molecule has 0 aliphatic carbocycles. The predicted octanol–water partition coefficient (Wildman–Crippen LogP) is 7.69. The van der Waals surface area contributed by atoms with E-state index in [0.717, 1.165) is 35.1 Å². The molecule has 0 atom stereocenters. The van der Waals surface area contributed by atoms with Crippen LogP contribution in [0.3, 0.4) is 0 Å². The number of aromatic nitrogens is 1. The van der Waals surface area contributed by atoms with Gasteiger partial charge in [0.1, 0.15) is 11.5 Å².